The highest BCUT2D eigenvalue weighted by atomic mass is 16.5. The number of nitrogens with zero attached hydrogens (tertiary/aromatic N) is 2. The third-order valence-electron chi connectivity index (χ3n) is 5.89. The molecule has 0 saturated carbocycles. The van der Waals surface area contributed by atoms with Crippen LogP contribution in [0.1, 0.15) is 16.8 Å². The lowest BCUT2D eigenvalue weighted by atomic mass is 10.1. The van der Waals surface area contributed by atoms with Gasteiger partial charge >= 0.3 is 0 Å². The number of anilines is 1. The van der Waals surface area contributed by atoms with Crippen molar-refractivity contribution in [1.82, 2.24) is 15.1 Å². The van der Waals surface area contributed by atoms with E-state index in [-0.39, 0.29) is 24.1 Å². The van der Waals surface area contributed by atoms with Crippen LogP contribution in [0.5, 0.6) is 11.5 Å². The Hall–Kier alpha value is -3.59. The number of nitrogens with one attached hydrogen (secondary N) is 2. The Morgan fingerprint density at radius 1 is 1.00 bits per heavy atom. The first-order valence-electron chi connectivity index (χ1n) is 11.0. The maximum absolute atomic E-state index is 12.8. The van der Waals surface area contributed by atoms with Crippen LogP contribution in [0.2, 0.25) is 0 Å². The van der Waals surface area contributed by atoms with E-state index < -0.39 is 6.04 Å². The third kappa shape index (κ3) is 5.61. The highest BCUT2D eigenvalue weighted by Gasteiger charge is 2.31. The molecule has 174 valence electrons. The fourth-order valence-electron chi connectivity index (χ4n) is 3.94. The molecule has 2 aliphatic rings. The Bertz CT molecular complexity index is 1000. The SMILES string of the molecule is COc1ccc(OCCN2CCN(C(=O)CC3NC(=O)c4ccccc4NC3=O)CC2)cc1. The summed E-state index contributed by atoms with van der Waals surface area (Å²) < 4.78 is 10.9. The van der Waals surface area contributed by atoms with Gasteiger partial charge in [-0.1, -0.05) is 12.1 Å². The Balaban J connectivity index is 1.21. The van der Waals surface area contributed by atoms with E-state index in [0.29, 0.717) is 30.9 Å². The van der Waals surface area contributed by atoms with Gasteiger partial charge in [0.15, 0.2) is 0 Å². The molecule has 2 aromatic carbocycles. The van der Waals surface area contributed by atoms with Gasteiger partial charge in [-0.2, -0.15) is 0 Å². The molecule has 9 nitrogen and oxygen atoms in total. The molecule has 1 fully saturated rings. The van der Waals surface area contributed by atoms with Gasteiger partial charge in [0.05, 0.1) is 24.8 Å². The summed E-state index contributed by atoms with van der Waals surface area (Å²) in [5, 5.41) is 5.42. The first-order valence-corrected chi connectivity index (χ1v) is 11.0. The summed E-state index contributed by atoms with van der Waals surface area (Å²) >= 11 is 0. The molecule has 0 spiro atoms. The van der Waals surface area contributed by atoms with Crippen LogP contribution in [0.15, 0.2) is 48.5 Å². The van der Waals surface area contributed by atoms with E-state index in [4.69, 9.17) is 9.47 Å². The van der Waals surface area contributed by atoms with Crippen molar-refractivity contribution in [2.75, 3.05) is 51.8 Å². The number of hydrogen-bond donors (Lipinski definition) is 2. The zero-order chi connectivity index (χ0) is 23.2. The zero-order valence-electron chi connectivity index (χ0n) is 18.6. The number of methoxy groups -OCH3 is 1. The van der Waals surface area contributed by atoms with Crippen LogP contribution in [0.25, 0.3) is 0 Å². The summed E-state index contributed by atoms with van der Waals surface area (Å²) in [6, 6.07) is 13.4. The van der Waals surface area contributed by atoms with Crippen LogP contribution in [-0.2, 0) is 9.59 Å². The van der Waals surface area contributed by atoms with Crippen molar-refractivity contribution in [2.45, 2.75) is 12.5 Å². The Kier molecular flexibility index (Phi) is 7.09. The Morgan fingerprint density at radius 2 is 1.70 bits per heavy atom. The van der Waals surface area contributed by atoms with Crippen LogP contribution >= 0.6 is 0 Å². The van der Waals surface area contributed by atoms with Gasteiger partial charge in [-0.05, 0) is 36.4 Å². The van der Waals surface area contributed by atoms with Crippen molar-refractivity contribution in [2.24, 2.45) is 0 Å². The van der Waals surface area contributed by atoms with Crippen LogP contribution in [0.3, 0.4) is 0 Å². The van der Waals surface area contributed by atoms with Crippen molar-refractivity contribution < 1.29 is 23.9 Å². The molecular weight excluding hydrogens is 424 g/mol. The number of ether oxygens (including phenoxy) is 2. The number of piperazine rings is 1. The average molecular weight is 453 g/mol. The summed E-state index contributed by atoms with van der Waals surface area (Å²) in [5.41, 5.74) is 0.853. The quantitative estimate of drug-likeness (QED) is 0.658. The molecule has 0 radical (unpaired) electrons. The molecular formula is C24H28N4O5. The molecule has 1 saturated heterocycles. The minimum atomic E-state index is -0.895. The number of para-hydroxylation sites is 1. The number of amides is 3. The number of benzene rings is 2. The number of fused-ring (bicyclic) bond motifs is 1. The molecule has 3 amide bonds. The number of rotatable bonds is 7. The standard InChI is InChI=1S/C24H28N4O5/c1-32-17-6-8-18(9-7-17)33-15-14-27-10-12-28(13-11-27)22(29)16-21-24(31)25-20-5-3-2-4-19(20)23(30)26-21/h2-9,21H,10-16H2,1H3,(H,25,31)(H,26,30). The first-order chi connectivity index (χ1) is 16.0. The topological polar surface area (TPSA) is 100 Å². The molecule has 1 atom stereocenters. The normalized spacial score (nSPS) is 18.6. The number of hydrogen-bond acceptors (Lipinski definition) is 6. The van der Waals surface area contributed by atoms with Crippen molar-refractivity contribution in [3.63, 3.8) is 0 Å². The fourth-order valence-corrected chi connectivity index (χ4v) is 3.94. The highest BCUT2D eigenvalue weighted by Crippen LogP contribution is 2.20. The molecule has 2 aromatic rings. The van der Waals surface area contributed by atoms with E-state index in [2.05, 4.69) is 15.5 Å². The predicted octanol–water partition coefficient (Wildman–Crippen LogP) is 1.36. The van der Waals surface area contributed by atoms with Crippen molar-refractivity contribution in [3.8, 4) is 11.5 Å². The molecule has 0 aliphatic carbocycles. The van der Waals surface area contributed by atoms with Crippen LogP contribution in [0.4, 0.5) is 5.69 Å². The van der Waals surface area contributed by atoms with E-state index >= 15 is 0 Å². The van der Waals surface area contributed by atoms with Gasteiger partial charge in [0.1, 0.15) is 24.1 Å². The van der Waals surface area contributed by atoms with Gasteiger partial charge in [0.25, 0.3) is 5.91 Å². The Morgan fingerprint density at radius 3 is 2.42 bits per heavy atom. The molecule has 0 bridgehead atoms. The van der Waals surface area contributed by atoms with E-state index in [0.717, 1.165) is 31.1 Å². The predicted molar refractivity (Wildman–Crippen MR) is 122 cm³/mol. The molecule has 2 heterocycles. The third-order valence-corrected chi connectivity index (χ3v) is 5.89. The maximum Gasteiger partial charge on any atom is 0.254 e. The van der Waals surface area contributed by atoms with E-state index in [1.54, 1.807) is 36.3 Å². The summed E-state index contributed by atoms with van der Waals surface area (Å²) in [5.74, 6) is 0.694. The second-order valence-electron chi connectivity index (χ2n) is 8.01. The summed E-state index contributed by atoms with van der Waals surface area (Å²) in [6.45, 7) is 3.91. The van der Waals surface area contributed by atoms with Gasteiger partial charge in [-0.15, -0.1) is 0 Å². The van der Waals surface area contributed by atoms with Crippen molar-refractivity contribution in [3.05, 3.63) is 54.1 Å². The average Bonchev–Trinajstić information content (AvgIpc) is 2.95. The molecule has 2 N–H and O–H groups in total. The van der Waals surface area contributed by atoms with E-state index in [1.807, 2.05) is 24.3 Å². The lowest BCUT2D eigenvalue weighted by Gasteiger charge is -2.35. The molecule has 9 heteroatoms. The first kappa shape index (κ1) is 22.6. The Labute approximate surface area is 192 Å². The minimum absolute atomic E-state index is 0.0634. The molecule has 4 rings (SSSR count). The van der Waals surface area contributed by atoms with E-state index in [1.165, 1.54) is 0 Å². The lowest BCUT2D eigenvalue weighted by Crippen LogP contribution is -2.52. The zero-order valence-corrected chi connectivity index (χ0v) is 18.6. The van der Waals surface area contributed by atoms with Gasteiger partial charge in [-0.3, -0.25) is 19.3 Å². The smallest absolute Gasteiger partial charge is 0.254 e. The summed E-state index contributed by atoms with van der Waals surface area (Å²) in [6.07, 6.45) is -0.0634. The summed E-state index contributed by atoms with van der Waals surface area (Å²) in [4.78, 5) is 41.8. The summed E-state index contributed by atoms with van der Waals surface area (Å²) in [7, 11) is 1.63. The molecule has 1 unspecified atom stereocenters. The monoisotopic (exact) mass is 452 g/mol. The fraction of sp³-hybridized carbons (Fsp3) is 0.375. The van der Waals surface area contributed by atoms with Crippen LogP contribution < -0.4 is 20.1 Å². The molecule has 2 aliphatic heterocycles. The van der Waals surface area contributed by atoms with Gasteiger partial charge in [0.2, 0.25) is 11.8 Å². The lowest BCUT2D eigenvalue weighted by molar-refractivity contribution is -0.135. The number of carbonyl (C=O) groups excluding carboxylic acids is 3. The van der Waals surface area contributed by atoms with Gasteiger partial charge in [0, 0.05) is 32.7 Å². The van der Waals surface area contributed by atoms with Crippen molar-refractivity contribution in [1.29, 1.82) is 0 Å². The minimum Gasteiger partial charge on any atom is -0.497 e. The van der Waals surface area contributed by atoms with Crippen LogP contribution in [0, 0.1) is 0 Å². The maximum atomic E-state index is 12.8. The van der Waals surface area contributed by atoms with Gasteiger partial charge < -0.3 is 25.0 Å². The number of carbonyl (C=O) groups is 3. The van der Waals surface area contributed by atoms with Gasteiger partial charge in [-0.25, -0.2) is 0 Å². The second-order valence-corrected chi connectivity index (χ2v) is 8.01. The van der Waals surface area contributed by atoms with Crippen molar-refractivity contribution >= 4 is 23.4 Å². The molecule has 33 heavy (non-hydrogen) atoms. The molecule has 0 aromatic heterocycles. The largest absolute Gasteiger partial charge is 0.497 e. The highest BCUT2D eigenvalue weighted by molar-refractivity contribution is 6.10. The van der Waals surface area contributed by atoms with Crippen LogP contribution in [-0.4, -0.2) is 80.0 Å². The second kappa shape index (κ2) is 10.4. The van der Waals surface area contributed by atoms with E-state index in [9.17, 15) is 14.4 Å².